The maximum atomic E-state index is 5.82. The largest absolute Gasteiger partial charge is 0.453 e. The summed E-state index contributed by atoms with van der Waals surface area (Å²) in [5.74, 6) is 3.82. The molecule has 2 aliphatic carbocycles. The zero-order chi connectivity index (χ0) is 12.5. The Bertz CT molecular complexity index is 403. The highest BCUT2D eigenvalue weighted by Gasteiger charge is 2.44. The smallest absolute Gasteiger partial charge is 0.169 e. The molecule has 100 valence electrons. The van der Waals surface area contributed by atoms with E-state index in [-0.39, 0.29) is 0 Å². The topological polar surface area (TPSA) is 25.2 Å². The molecule has 2 aliphatic rings. The molecule has 0 aliphatic heterocycles. The number of hydrogen-bond acceptors (Lipinski definition) is 2. The van der Waals surface area contributed by atoms with Crippen LogP contribution >= 0.6 is 15.9 Å². The maximum absolute atomic E-state index is 5.82. The van der Waals surface area contributed by atoms with Gasteiger partial charge in [0, 0.05) is 0 Å². The quantitative estimate of drug-likeness (QED) is 0.865. The van der Waals surface area contributed by atoms with E-state index in [1.54, 1.807) is 0 Å². The molecule has 3 heteroatoms. The Kier molecular flexibility index (Phi) is 3.81. The van der Waals surface area contributed by atoms with Crippen molar-refractivity contribution in [2.45, 2.75) is 45.1 Å². The molecule has 2 fully saturated rings. The van der Waals surface area contributed by atoms with Crippen molar-refractivity contribution in [2.24, 2.45) is 17.8 Å². The van der Waals surface area contributed by atoms with E-state index in [9.17, 15) is 0 Å². The summed E-state index contributed by atoms with van der Waals surface area (Å²) in [5, 5.41) is 3.71. The molecule has 0 aromatic carbocycles. The molecule has 0 saturated heterocycles. The minimum atomic E-state index is 0.423. The van der Waals surface area contributed by atoms with Crippen LogP contribution in [0.15, 0.2) is 21.2 Å². The van der Waals surface area contributed by atoms with Gasteiger partial charge in [0.05, 0.1) is 6.04 Å². The molecule has 1 aromatic heterocycles. The van der Waals surface area contributed by atoms with E-state index < -0.39 is 0 Å². The molecule has 2 nitrogen and oxygen atoms in total. The van der Waals surface area contributed by atoms with Gasteiger partial charge in [-0.1, -0.05) is 13.3 Å². The van der Waals surface area contributed by atoms with Crippen molar-refractivity contribution in [3.05, 3.63) is 22.6 Å². The fraction of sp³-hybridized carbons (Fsp3) is 0.733. The lowest BCUT2D eigenvalue weighted by atomic mass is 9.82. The molecule has 18 heavy (non-hydrogen) atoms. The number of rotatable bonds is 5. The Labute approximate surface area is 118 Å². The summed E-state index contributed by atoms with van der Waals surface area (Å²) < 4.78 is 6.67. The van der Waals surface area contributed by atoms with Gasteiger partial charge in [-0.3, -0.25) is 0 Å². The van der Waals surface area contributed by atoms with Crippen LogP contribution in [0.1, 0.15) is 50.8 Å². The molecule has 4 unspecified atom stereocenters. The van der Waals surface area contributed by atoms with Crippen molar-refractivity contribution in [3.8, 4) is 0 Å². The molecule has 1 aromatic rings. The number of fused-ring (bicyclic) bond motifs is 2. The summed E-state index contributed by atoms with van der Waals surface area (Å²) >= 11 is 3.42. The van der Waals surface area contributed by atoms with Gasteiger partial charge >= 0.3 is 0 Å². The van der Waals surface area contributed by atoms with E-state index >= 15 is 0 Å². The molecule has 0 amide bonds. The normalized spacial score (nSPS) is 32.0. The van der Waals surface area contributed by atoms with Crippen LogP contribution in [0, 0.1) is 17.8 Å². The Hall–Kier alpha value is -0.280. The maximum Gasteiger partial charge on any atom is 0.169 e. The highest BCUT2D eigenvalue weighted by molar-refractivity contribution is 9.10. The van der Waals surface area contributed by atoms with Gasteiger partial charge in [0.25, 0.3) is 0 Å². The second-order valence-electron chi connectivity index (χ2n) is 5.91. The lowest BCUT2D eigenvalue weighted by Gasteiger charge is -2.30. The average molecular weight is 312 g/mol. The van der Waals surface area contributed by atoms with Crippen LogP contribution in [0.5, 0.6) is 0 Å². The molecule has 0 spiro atoms. The van der Waals surface area contributed by atoms with E-state index in [1.807, 2.05) is 6.07 Å². The van der Waals surface area contributed by atoms with Gasteiger partial charge in [-0.2, -0.15) is 0 Å². The van der Waals surface area contributed by atoms with Crippen molar-refractivity contribution < 1.29 is 4.42 Å². The minimum absolute atomic E-state index is 0.423. The number of halogens is 1. The molecule has 2 saturated carbocycles. The summed E-state index contributed by atoms with van der Waals surface area (Å²) in [6.45, 7) is 3.31. The monoisotopic (exact) mass is 311 g/mol. The zero-order valence-electron chi connectivity index (χ0n) is 11.0. The van der Waals surface area contributed by atoms with Crippen molar-refractivity contribution in [1.82, 2.24) is 5.32 Å². The van der Waals surface area contributed by atoms with Gasteiger partial charge in [0.1, 0.15) is 5.76 Å². The second-order valence-corrected chi connectivity index (χ2v) is 6.69. The number of furan rings is 1. The standard InChI is InChI=1S/C15H22BrNO/c1-2-7-17-15(13-5-6-14(16)18-13)12-9-10-3-4-11(12)8-10/h5-6,10-12,15,17H,2-4,7-9H2,1H3. The molecule has 1 heterocycles. The van der Waals surface area contributed by atoms with Crippen LogP contribution in [0.2, 0.25) is 0 Å². The Morgan fingerprint density at radius 3 is 2.83 bits per heavy atom. The van der Waals surface area contributed by atoms with Crippen LogP contribution < -0.4 is 5.32 Å². The van der Waals surface area contributed by atoms with Gasteiger partial charge in [-0.25, -0.2) is 0 Å². The summed E-state index contributed by atoms with van der Waals surface area (Å²) in [5.41, 5.74) is 0. The molecule has 2 bridgehead atoms. The molecule has 4 atom stereocenters. The van der Waals surface area contributed by atoms with Gasteiger partial charge in [0.15, 0.2) is 4.67 Å². The van der Waals surface area contributed by atoms with Crippen LogP contribution in [-0.2, 0) is 0 Å². The first-order chi connectivity index (χ1) is 8.78. The third kappa shape index (κ3) is 2.39. The van der Waals surface area contributed by atoms with E-state index in [2.05, 4.69) is 34.2 Å². The highest BCUT2D eigenvalue weighted by atomic mass is 79.9. The van der Waals surface area contributed by atoms with Crippen LogP contribution in [-0.4, -0.2) is 6.54 Å². The summed E-state index contributed by atoms with van der Waals surface area (Å²) in [4.78, 5) is 0. The second kappa shape index (κ2) is 5.38. The Balaban J connectivity index is 1.77. The third-order valence-corrected chi connectivity index (χ3v) is 5.16. The highest BCUT2D eigenvalue weighted by Crippen LogP contribution is 2.52. The molecule has 0 radical (unpaired) electrons. The van der Waals surface area contributed by atoms with Crippen LogP contribution in [0.4, 0.5) is 0 Å². The number of nitrogens with one attached hydrogen (secondary N) is 1. The Morgan fingerprint density at radius 1 is 1.39 bits per heavy atom. The zero-order valence-corrected chi connectivity index (χ0v) is 12.6. The van der Waals surface area contributed by atoms with Crippen molar-refractivity contribution in [3.63, 3.8) is 0 Å². The third-order valence-electron chi connectivity index (χ3n) is 4.74. The van der Waals surface area contributed by atoms with E-state index in [4.69, 9.17) is 4.42 Å². The van der Waals surface area contributed by atoms with Gasteiger partial charge < -0.3 is 9.73 Å². The van der Waals surface area contributed by atoms with E-state index in [1.165, 1.54) is 32.1 Å². The fourth-order valence-electron chi connectivity index (χ4n) is 3.96. The fourth-order valence-corrected chi connectivity index (χ4v) is 4.28. The summed E-state index contributed by atoms with van der Waals surface area (Å²) in [7, 11) is 0. The van der Waals surface area contributed by atoms with Crippen molar-refractivity contribution >= 4 is 15.9 Å². The predicted molar refractivity (Wildman–Crippen MR) is 76.4 cm³/mol. The van der Waals surface area contributed by atoms with Gasteiger partial charge in [-0.15, -0.1) is 0 Å². The first-order valence-corrected chi connectivity index (χ1v) is 8.06. The first kappa shape index (κ1) is 12.7. The average Bonchev–Trinajstić information content (AvgIpc) is 3.06. The van der Waals surface area contributed by atoms with Gasteiger partial charge in [-0.05, 0) is 78.0 Å². The Morgan fingerprint density at radius 2 is 2.28 bits per heavy atom. The van der Waals surface area contributed by atoms with Crippen LogP contribution in [0.3, 0.4) is 0 Å². The molecular formula is C15H22BrNO. The predicted octanol–water partition coefficient (Wildman–Crippen LogP) is 4.52. The molecule has 1 N–H and O–H groups in total. The van der Waals surface area contributed by atoms with Crippen molar-refractivity contribution in [2.75, 3.05) is 6.54 Å². The number of hydrogen-bond donors (Lipinski definition) is 1. The molecular weight excluding hydrogens is 290 g/mol. The minimum Gasteiger partial charge on any atom is -0.453 e. The summed E-state index contributed by atoms with van der Waals surface area (Å²) in [6, 6.07) is 4.57. The van der Waals surface area contributed by atoms with E-state index in [0.717, 1.165) is 34.7 Å². The van der Waals surface area contributed by atoms with Crippen LogP contribution in [0.25, 0.3) is 0 Å². The van der Waals surface area contributed by atoms with Gasteiger partial charge in [0.2, 0.25) is 0 Å². The van der Waals surface area contributed by atoms with Crippen molar-refractivity contribution in [1.29, 1.82) is 0 Å². The lowest BCUT2D eigenvalue weighted by Crippen LogP contribution is -2.31. The lowest BCUT2D eigenvalue weighted by molar-refractivity contribution is 0.224. The SMILES string of the molecule is CCCNC(c1ccc(Br)o1)C1CC2CCC1C2. The summed E-state index contributed by atoms with van der Waals surface area (Å²) in [6.07, 6.45) is 6.92. The molecule has 3 rings (SSSR count). The first-order valence-electron chi connectivity index (χ1n) is 7.26. The van der Waals surface area contributed by atoms with E-state index in [0.29, 0.717) is 6.04 Å².